The van der Waals surface area contributed by atoms with E-state index in [1.54, 1.807) is 0 Å². The van der Waals surface area contributed by atoms with Gasteiger partial charge in [-0.25, -0.2) is 4.79 Å². The number of H-pyrrole nitrogens is 1. The third kappa shape index (κ3) is 3.66. The van der Waals surface area contributed by atoms with Gasteiger partial charge in [0, 0.05) is 30.9 Å². The first-order valence-electron chi connectivity index (χ1n) is 5.49. The lowest BCUT2D eigenvalue weighted by Crippen LogP contribution is -2.41. The van der Waals surface area contributed by atoms with Gasteiger partial charge in [-0.15, -0.1) is 0 Å². The lowest BCUT2D eigenvalue weighted by atomic mass is 10.0. The van der Waals surface area contributed by atoms with E-state index in [0.29, 0.717) is 13.1 Å². The molecular weight excluding hydrogens is 206 g/mol. The van der Waals surface area contributed by atoms with Crippen LogP contribution >= 0.6 is 0 Å². The maximum atomic E-state index is 11.3. The molecule has 0 amide bonds. The zero-order chi connectivity index (χ0) is 12.2. The van der Waals surface area contributed by atoms with Crippen LogP contribution in [0.1, 0.15) is 27.2 Å². The van der Waals surface area contributed by atoms with E-state index in [-0.39, 0.29) is 16.8 Å². The molecule has 0 saturated heterocycles. The van der Waals surface area contributed by atoms with Crippen LogP contribution in [-0.2, 0) is 6.54 Å². The molecule has 0 saturated carbocycles. The molecule has 0 fully saturated rings. The summed E-state index contributed by atoms with van der Waals surface area (Å²) in [6.45, 7) is 7.59. The first-order chi connectivity index (χ1) is 7.44. The van der Waals surface area contributed by atoms with Crippen molar-refractivity contribution in [2.45, 2.75) is 39.3 Å². The topological polar surface area (TPSA) is 66.9 Å². The number of hydrogen-bond acceptors (Lipinski definition) is 3. The molecule has 0 atom stereocenters. The second kappa shape index (κ2) is 5.12. The Morgan fingerprint density at radius 3 is 2.69 bits per heavy atom. The molecule has 16 heavy (non-hydrogen) atoms. The predicted molar refractivity (Wildman–Crippen MR) is 63.7 cm³/mol. The smallest absolute Gasteiger partial charge is 0.310 e. The molecule has 1 aromatic rings. The SMILES string of the molecule is CCC(C)(C)NCCn1ccc(=O)[nH]c1=O. The van der Waals surface area contributed by atoms with Gasteiger partial charge in [0.15, 0.2) is 0 Å². The zero-order valence-corrected chi connectivity index (χ0v) is 10.0. The zero-order valence-electron chi connectivity index (χ0n) is 10.0. The number of hydrogen-bond donors (Lipinski definition) is 2. The van der Waals surface area contributed by atoms with Crippen LogP contribution in [-0.4, -0.2) is 21.6 Å². The predicted octanol–water partition coefficient (Wildman–Crippen LogP) is 0.315. The summed E-state index contributed by atoms with van der Waals surface area (Å²) in [5.74, 6) is 0. The number of nitrogens with zero attached hydrogens (tertiary/aromatic N) is 1. The summed E-state index contributed by atoms with van der Waals surface area (Å²) < 4.78 is 1.49. The largest absolute Gasteiger partial charge is 0.328 e. The Hall–Kier alpha value is -1.36. The highest BCUT2D eigenvalue weighted by Crippen LogP contribution is 2.05. The van der Waals surface area contributed by atoms with E-state index in [4.69, 9.17) is 0 Å². The summed E-state index contributed by atoms with van der Waals surface area (Å²) in [5, 5.41) is 3.35. The van der Waals surface area contributed by atoms with Crippen LogP contribution in [0.4, 0.5) is 0 Å². The van der Waals surface area contributed by atoms with E-state index in [1.807, 2.05) is 0 Å². The molecule has 0 aromatic carbocycles. The quantitative estimate of drug-likeness (QED) is 0.758. The minimum absolute atomic E-state index is 0.0752. The van der Waals surface area contributed by atoms with Crippen molar-refractivity contribution in [3.05, 3.63) is 33.1 Å². The average Bonchev–Trinajstić information content (AvgIpc) is 2.21. The van der Waals surface area contributed by atoms with Crippen LogP contribution in [0.5, 0.6) is 0 Å². The first-order valence-corrected chi connectivity index (χ1v) is 5.49. The molecule has 5 nitrogen and oxygen atoms in total. The van der Waals surface area contributed by atoms with Gasteiger partial charge < -0.3 is 5.32 Å². The van der Waals surface area contributed by atoms with Gasteiger partial charge in [0.1, 0.15) is 0 Å². The van der Waals surface area contributed by atoms with Crippen molar-refractivity contribution in [2.24, 2.45) is 0 Å². The molecule has 1 aromatic heterocycles. The maximum absolute atomic E-state index is 11.3. The van der Waals surface area contributed by atoms with Gasteiger partial charge in [-0.1, -0.05) is 6.92 Å². The highest BCUT2D eigenvalue weighted by atomic mass is 16.2. The molecule has 0 aliphatic carbocycles. The fourth-order valence-electron chi connectivity index (χ4n) is 1.26. The summed E-state index contributed by atoms with van der Waals surface area (Å²) in [4.78, 5) is 24.4. The van der Waals surface area contributed by atoms with E-state index in [0.717, 1.165) is 6.42 Å². The second-order valence-electron chi connectivity index (χ2n) is 4.47. The fraction of sp³-hybridized carbons (Fsp3) is 0.636. The normalized spacial score (nSPS) is 11.7. The standard InChI is InChI=1S/C11H19N3O2/c1-4-11(2,3)12-6-8-14-7-5-9(15)13-10(14)16/h5,7,12H,4,6,8H2,1-3H3,(H,13,15,16). The van der Waals surface area contributed by atoms with Crippen LogP contribution in [0.25, 0.3) is 0 Å². The minimum Gasteiger partial charge on any atom is -0.310 e. The minimum atomic E-state index is -0.358. The Labute approximate surface area is 94.5 Å². The average molecular weight is 225 g/mol. The van der Waals surface area contributed by atoms with E-state index >= 15 is 0 Å². The van der Waals surface area contributed by atoms with E-state index in [9.17, 15) is 9.59 Å². The van der Waals surface area contributed by atoms with Crippen molar-refractivity contribution < 1.29 is 0 Å². The Morgan fingerprint density at radius 1 is 1.44 bits per heavy atom. The molecule has 1 rings (SSSR count). The molecule has 90 valence electrons. The number of rotatable bonds is 5. The van der Waals surface area contributed by atoms with Gasteiger partial charge in [-0.3, -0.25) is 14.3 Å². The van der Waals surface area contributed by atoms with Gasteiger partial charge in [0.05, 0.1) is 0 Å². The van der Waals surface area contributed by atoms with E-state index in [2.05, 4.69) is 31.1 Å². The molecule has 0 radical (unpaired) electrons. The molecular formula is C11H19N3O2. The Bertz CT molecular complexity index is 445. The van der Waals surface area contributed by atoms with Crippen molar-refractivity contribution >= 4 is 0 Å². The number of aromatic amines is 1. The molecule has 0 aliphatic rings. The molecule has 5 heteroatoms. The van der Waals surface area contributed by atoms with Gasteiger partial charge in [-0.05, 0) is 20.3 Å². The third-order valence-electron chi connectivity index (χ3n) is 2.74. The van der Waals surface area contributed by atoms with Crippen molar-refractivity contribution in [2.75, 3.05) is 6.54 Å². The maximum Gasteiger partial charge on any atom is 0.328 e. The molecule has 0 bridgehead atoms. The Kier molecular flexibility index (Phi) is 4.06. The molecule has 1 heterocycles. The summed E-state index contributed by atoms with van der Waals surface area (Å²) in [7, 11) is 0. The lowest BCUT2D eigenvalue weighted by Gasteiger charge is -2.24. The van der Waals surface area contributed by atoms with Crippen LogP contribution in [0.15, 0.2) is 21.9 Å². The van der Waals surface area contributed by atoms with Crippen molar-refractivity contribution in [3.63, 3.8) is 0 Å². The molecule has 0 unspecified atom stereocenters. The summed E-state index contributed by atoms with van der Waals surface area (Å²) in [6.07, 6.45) is 2.54. The van der Waals surface area contributed by atoms with Crippen molar-refractivity contribution in [3.8, 4) is 0 Å². The van der Waals surface area contributed by atoms with Crippen LogP contribution in [0.2, 0.25) is 0 Å². The third-order valence-corrected chi connectivity index (χ3v) is 2.74. The van der Waals surface area contributed by atoms with Crippen molar-refractivity contribution in [1.82, 2.24) is 14.9 Å². The van der Waals surface area contributed by atoms with Gasteiger partial charge >= 0.3 is 5.69 Å². The first kappa shape index (κ1) is 12.7. The van der Waals surface area contributed by atoms with E-state index < -0.39 is 0 Å². The molecule has 2 N–H and O–H groups in total. The van der Waals surface area contributed by atoms with Gasteiger partial charge in [-0.2, -0.15) is 0 Å². The summed E-state index contributed by atoms with van der Waals surface area (Å²) in [5.41, 5.74) is -0.641. The van der Waals surface area contributed by atoms with Crippen LogP contribution < -0.4 is 16.6 Å². The Balaban J connectivity index is 2.56. The monoisotopic (exact) mass is 225 g/mol. The van der Waals surface area contributed by atoms with Gasteiger partial charge in [0.25, 0.3) is 5.56 Å². The molecule has 0 aliphatic heterocycles. The van der Waals surface area contributed by atoms with Crippen LogP contribution in [0, 0.1) is 0 Å². The fourth-order valence-corrected chi connectivity index (χ4v) is 1.26. The van der Waals surface area contributed by atoms with E-state index in [1.165, 1.54) is 16.8 Å². The van der Waals surface area contributed by atoms with Gasteiger partial charge in [0.2, 0.25) is 0 Å². The highest BCUT2D eigenvalue weighted by molar-refractivity contribution is 4.83. The highest BCUT2D eigenvalue weighted by Gasteiger charge is 2.12. The van der Waals surface area contributed by atoms with Crippen LogP contribution in [0.3, 0.4) is 0 Å². The lowest BCUT2D eigenvalue weighted by molar-refractivity contribution is 0.366. The summed E-state index contributed by atoms with van der Waals surface area (Å²) >= 11 is 0. The summed E-state index contributed by atoms with van der Waals surface area (Å²) in [6, 6.07) is 1.35. The van der Waals surface area contributed by atoms with Crippen molar-refractivity contribution in [1.29, 1.82) is 0 Å². The number of nitrogens with one attached hydrogen (secondary N) is 2. The second-order valence-corrected chi connectivity index (χ2v) is 4.47. The Morgan fingerprint density at radius 2 is 2.12 bits per heavy atom. The molecule has 0 spiro atoms. The number of aromatic nitrogens is 2.